The smallest absolute Gasteiger partial charge is 0.411 e. The van der Waals surface area contributed by atoms with Crippen LogP contribution in [0.25, 0.3) is 11.1 Å². The molecule has 0 unspecified atom stereocenters. The molecule has 2 heterocycles. The van der Waals surface area contributed by atoms with E-state index in [1.165, 1.54) is 0 Å². The average Bonchev–Trinajstić information content (AvgIpc) is 3.67. The molecule has 2 saturated heterocycles. The first-order valence-corrected chi connectivity index (χ1v) is 18.3. The molecule has 0 spiro atoms. The Bertz CT molecular complexity index is 1500. The van der Waals surface area contributed by atoms with Crippen LogP contribution in [0.3, 0.4) is 0 Å². The van der Waals surface area contributed by atoms with Crippen molar-refractivity contribution in [2.24, 2.45) is 0 Å². The van der Waals surface area contributed by atoms with E-state index in [4.69, 9.17) is 4.74 Å². The number of anilines is 1. The summed E-state index contributed by atoms with van der Waals surface area (Å²) in [6.45, 7) is 7.61. The number of hydrazine groups is 1. The van der Waals surface area contributed by atoms with Gasteiger partial charge in [0, 0.05) is 51.1 Å². The summed E-state index contributed by atoms with van der Waals surface area (Å²) >= 11 is 0. The maximum atomic E-state index is 13.9. The summed E-state index contributed by atoms with van der Waals surface area (Å²) in [5.74, 6) is 0.0430. The molecular formula is C40H53N5O5. The molecule has 2 N–H and O–H groups in total. The molecular weight excluding hydrogens is 630 g/mol. The van der Waals surface area contributed by atoms with Crippen molar-refractivity contribution in [2.45, 2.75) is 77.4 Å². The highest BCUT2D eigenvalue weighted by molar-refractivity contribution is 5.91. The standard InChI is InChI=1S/C40H53N5O5/c1-2-3-9-26-44(45(31-32-16-18-34(46)19-17-32)39(48)23-29-42-24-10-11-25-42)38(47)22-30-43-27-20-35(21-28-43)50-40(49)41-37-15-8-7-14-36(37)33-12-5-4-6-13-33/h4-8,12-19,35,46H,2-3,9-11,20-31H2,1H3,(H,41,49). The fourth-order valence-corrected chi connectivity index (χ4v) is 6.75. The molecule has 2 fully saturated rings. The summed E-state index contributed by atoms with van der Waals surface area (Å²) in [4.78, 5) is 45.2. The molecule has 0 atom stereocenters. The van der Waals surface area contributed by atoms with Crippen molar-refractivity contribution in [3.05, 3.63) is 84.4 Å². The first kappa shape index (κ1) is 36.9. The number of hydrogen-bond acceptors (Lipinski definition) is 7. The Hall–Kier alpha value is -4.41. The quantitative estimate of drug-likeness (QED) is 0.133. The maximum Gasteiger partial charge on any atom is 0.411 e. The van der Waals surface area contributed by atoms with Gasteiger partial charge in [0.2, 0.25) is 11.8 Å². The van der Waals surface area contributed by atoms with Crippen LogP contribution in [-0.4, -0.2) is 94.7 Å². The lowest BCUT2D eigenvalue weighted by molar-refractivity contribution is -0.166. The first-order valence-electron chi connectivity index (χ1n) is 18.3. The van der Waals surface area contributed by atoms with E-state index in [-0.39, 0.29) is 30.2 Å². The number of piperidine rings is 1. The van der Waals surface area contributed by atoms with E-state index >= 15 is 0 Å². The van der Waals surface area contributed by atoms with Crippen molar-refractivity contribution >= 4 is 23.6 Å². The number of carbonyl (C=O) groups is 3. The van der Waals surface area contributed by atoms with Gasteiger partial charge in [0.05, 0.1) is 12.2 Å². The van der Waals surface area contributed by atoms with Gasteiger partial charge in [0.15, 0.2) is 0 Å². The minimum absolute atomic E-state index is 0.0579. The number of nitrogens with one attached hydrogen (secondary N) is 1. The molecule has 3 aromatic rings. The number of aromatic hydroxyl groups is 1. The Balaban J connectivity index is 1.15. The number of unbranched alkanes of at least 4 members (excludes halogenated alkanes) is 2. The van der Waals surface area contributed by atoms with Gasteiger partial charge in [0.25, 0.3) is 0 Å². The van der Waals surface area contributed by atoms with Crippen LogP contribution >= 0.6 is 0 Å². The molecule has 5 rings (SSSR count). The van der Waals surface area contributed by atoms with Gasteiger partial charge in [-0.15, -0.1) is 0 Å². The highest BCUT2D eigenvalue weighted by Gasteiger charge is 2.28. The van der Waals surface area contributed by atoms with Crippen molar-refractivity contribution in [1.29, 1.82) is 0 Å². The Morgan fingerprint density at radius 1 is 0.780 bits per heavy atom. The maximum absolute atomic E-state index is 13.9. The van der Waals surface area contributed by atoms with Gasteiger partial charge in [-0.3, -0.25) is 19.9 Å². The summed E-state index contributed by atoms with van der Waals surface area (Å²) < 4.78 is 5.82. The number of phenolic OH excluding ortho intramolecular Hbond substituents is 1. The summed E-state index contributed by atoms with van der Waals surface area (Å²) in [6.07, 6.45) is 6.46. The molecule has 50 heavy (non-hydrogen) atoms. The lowest BCUT2D eigenvalue weighted by Gasteiger charge is -2.37. The lowest BCUT2D eigenvalue weighted by Crippen LogP contribution is -2.51. The number of amides is 3. The van der Waals surface area contributed by atoms with Gasteiger partial charge in [-0.2, -0.15) is 0 Å². The second-order valence-electron chi connectivity index (χ2n) is 13.4. The summed E-state index contributed by atoms with van der Waals surface area (Å²) in [5.41, 5.74) is 3.52. The molecule has 10 nitrogen and oxygen atoms in total. The summed E-state index contributed by atoms with van der Waals surface area (Å²) in [6, 6.07) is 24.5. The molecule has 3 amide bonds. The summed E-state index contributed by atoms with van der Waals surface area (Å²) in [7, 11) is 0. The van der Waals surface area contributed by atoms with Crippen LogP contribution in [0.1, 0.15) is 70.3 Å². The number of benzene rings is 3. The highest BCUT2D eigenvalue weighted by Crippen LogP contribution is 2.28. The van der Waals surface area contributed by atoms with Gasteiger partial charge in [-0.25, -0.2) is 9.80 Å². The zero-order valence-corrected chi connectivity index (χ0v) is 29.5. The van der Waals surface area contributed by atoms with Crippen LogP contribution < -0.4 is 5.32 Å². The van der Waals surface area contributed by atoms with Gasteiger partial charge in [-0.1, -0.05) is 80.4 Å². The van der Waals surface area contributed by atoms with E-state index in [0.717, 1.165) is 61.9 Å². The topological polar surface area (TPSA) is 106 Å². The average molecular weight is 684 g/mol. The van der Waals surface area contributed by atoms with E-state index in [0.29, 0.717) is 64.1 Å². The van der Waals surface area contributed by atoms with Crippen molar-refractivity contribution in [3.8, 4) is 16.9 Å². The predicted octanol–water partition coefficient (Wildman–Crippen LogP) is 6.91. The van der Waals surface area contributed by atoms with Crippen molar-refractivity contribution in [3.63, 3.8) is 0 Å². The zero-order valence-electron chi connectivity index (χ0n) is 29.5. The first-order chi connectivity index (χ1) is 24.4. The second kappa shape index (κ2) is 19.1. The van der Waals surface area contributed by atoms with Gasteiger partial charge in [0.1, 0.15) is 11.9 Å². The Labute approximate surface area is 297 Å². The number of para-hydroxylation sites is 1. The van der Waals surface area contributed by atoms with E-state index in [1.54, 1.807) is 34.3 Å². The fraction of sp³-hybridized carbons (Fsp3) is 0.475. The molecule has 10 heteroatoms. The van der Waals surface area contributed by atoms with Crippen LogP contribution in [0, 0.1) is 0 Å². The minimum atomic E-state index is -0.465. The Kier molecular flexibility index (Phi) is 14.1. The predicted molar refractivity (Wildman–Crippen MR) is 196 cm³/mol. The van der Waals surface area contributed by atoms with Crippen molar-refractivity contribution in [1.82, 2.24) is 19.8 Å². The van der Waals surface area contributed by atoms with Crippen LogP contribution in [0.4, 0.5) is 10.5 Å². The van der Waals surface area contributed by atoms with Crippen LogP contribution in [0.15, 0.2) is 78.9 Å². The van der Waals surface area contributed by atoms with E-state index < -0.39 is 6.09 Å². The molecule has 2 aliphatic heterocycles. The molecule has 0 saturated carbocycles. The normalized spacial score (nSPS) is 15.5. The number of likely N-dealkylation sites (tertiary alicyclic amines) is 2. The Morgan fingerprint density at radius 2 is 1.40 bits per heavy atom. The van der Waals surface area contributed by atoms with E-state index in [9.17, 15) is 19.5 Å². The largest absolute Gasteiger partial charge is 0.508 e. The number of phenols is 1. The van der Waals surface area contributed by atoms with Crippen LogP contribution in [0.2, 0.25) is 0 Å². The summed E-state index contributed by atoms with van der Waals surface area (Å²) in [5, 5.41) is 16.1. The number of rotatable bonds is 15. The van der Waals surface area contributed by atoms with Crippen LogP contribution in [0.5, 0.6) is 5.75 Å². The zero-order chi connectivity index (χ0) is 35.1. The number of ether oxygens (including phenoxy) is 1. The number of nitrogens with zero attached hydrogens (tertiary/aromatic N) is 4. The van der Waals surface area contributed by atoms with E-state index in [1.807, 2.05) is 54.6 Å². The van der Waals surface area contributed by atoms with Gasteiger partial charge >= 0.3 is 6.09 Å². The van der Waals surface area contributed by atoms with Gasteiger partial charge in [-0.05, 0) is 74.5 Å². The van der Waals surface area contributed by atoms with Crippen LogP contribution in [-0.2, 0) is 20.9 Å². The van der Waals surface area contributed by atoms with Gasteiger partial charge < -0.3 is 19.6 Å². The number of hydrogen-bond donors (Lipinski definition) is 2. The molecule has 0 radical (unpaired) electrons. The molecule has 3 aromatic carbocycles. The Morgan fingerprint density at radius 3 is 2.08 bits per heavy atom. The monoisotopic (exact) mass is 683 g/mol. The lowest BCUT2D eigenvalue weighted by atomic mass is 10.0. The molecule has 0 aliphatic carbocycles. The van der Waals surface area contributed by atoms with E-state index in [2.05, 4.69) is 22.0 Å². The molecule has 2 aliphatic rings. The highest BCUT2D eigenvalue weighted by atomic mass is 16.6. The molecule has 268 valence electrons. The number of carbonyl (C=O) groups excluding carboxylic acids is 3. The second-order valence-corrected chi connectivity index (χ2v) is 13.4. The third-order valence-corrected chi connectivity index (χ3v) is 9.65. The van der Waals surface area contributed by atoms with Crippen molar-refractivity contribution in [2.75, 3.05) is 51.1 Å². The SMILES string of the molecule is CCCCCN(C(=O)CCN1CCC(OC(=O)Nc2ccccc2-c2ccccc2)CC1)N(Cc1ccc(O)cc1)C(=O)CCN1CCCC1. The molecule has 0 bridgehead atoms. The fourth-order valence-electron chi connectivity index (χ4n) is 6.75. The molecule has 0 aromatic heterocycles. The minimum Gasteiger partial charge on any atom is -0.508 e. The third-order valence-electron chi connectivity index (χ3n) is 9.65. The van der Waals surface area contributed by atoms with Crippen molar-refractivity contribution < 1.29 is 24.2 Å². The third kappa shape index (κ3) is 11.1.